The lowest BCUT2D eigenvalue weighted by atomic mass is 9.92. The Morgan fingerprint density at radius 3 is 3.10 bits per heavy atom. The maximum Gasteiger partial charge on any atom is 0.265 e. The highest BCUT2D eigenvalue weighted by Crippen LogP contribution is 2.45. The Morgan fingerprint density at radius 2 is 2.25 bits per heavy atom. The van der Waals surface area contributed by atoms with Crippen LogP contribution in [0.15, 0.2) is 24.4 Å². The van der Waals surface area contributed by atoms with Gasteiger partial charge in [-0.05, 0) is 13.0 Å². The van der Waals surface area contributed by atoms with Crippen LogP contribution in [0.25, 0.3) is 0 Å². The fourth-order valence-electron chi connectivity index (χ4n) is 3.03. The van der Waals surface area contributed by atoms with Crippen LogP contribution in [-0.4, -0.2) is 27.9 Å². The summed E-state index contributed by atoms with van der Waals surface area (Å²) in [6.45, 7) is 2.74. The van der Waals surface area contributed by atoms with Crippen molar-refractivity contribution in [1.82, 2.24) is 15.0 Å². The third-order valence-corrected chi connectivity index (χ3v) is 4.14. The summed E-state index contributed by atoms with van der Waals surface area (Å²) in [6, 6.07) is 6.00. The molecule has 1 aromatic heterocycles. The van der Waals surface area contributed by atoms with Gasteiger partial charge in [-0.3, -0.25) is 4.79 Å². The molecule has 0 N–H and O–H groups in total. The first-order valence-corrected chi connectivity index (χ1v) is 6.52. The number of nitrogens with zero attached hydrogens (tertiary/aromatic N) is 4. The number of carbonyl (C=O) groups is 1. The molecule has 2 aliphatic rings. The Kier molecular flexibility index (Phi) is 2.13. The van der Waals surface area contributed by atoms with Gasteiger partial charge in [0.1, 0.15) is 0 Å². The second-order valence-electron chi connectivity index (χ2n) is 5.38. The first-order chi connectivity index (χ1) is 9.62. The fraction of sp³-hybridized carbons (Fsp3) is 0.357. The summed E-state index contributed by atoms with van der Waals surface area (Å²) in [4.78, 5) is 14.4. The second-order valence-corrected chi connectivity index (χ2v) is 5.38. The zero-order valence-electron chi connectivity index (χ0n) is 11.3. The molecule has 20 heavy (non-hydrogen) atoms. The van der Waals surface area contributed by atoms with Crippen molar-refractivity contribution in [3.05, 3.63) is 41.2 Å². The number of fused-ring (bicyclic) bond motifs is 3. The Bertz CT molecular complexity index is 724. The van der Waals surface area contributed by atoms with Crippen molar-refractivity contribution in [2.45, 2.75) is 25.7 Å². The third-order valence-electron chi connectivity index (χ3n) is 4.14. The number of hydrogen-bond acceptors (Lipinski definition) is 4. The van der Waals surface area contributed by atoms with Crippen molar-refractivity contribution >= 4 is 11.6 Å². The first-order valence-electron chi connectivity index (χ1n) is 6.52. The summed E-state index contributed by atoms with van der Waals surface area (Å²) in [5.74, 6) is -0.0424. The van der Waals surface area contributed by atoms with Crippen LogP contribution in [0.2, 0.25) is 0 Å². The van der Waals surface area contributed by atoms with Gasteiger partial charge in [0.15, 0.2) is 5.60 Å². The lowest BCUT2D eigenvalue weighted by molar-refractivity contribution is -0.153. The number of rotatable bonds is 0. The molecule has 3 heterocycles. The number of anilines is 1. The summed E-state index contributed by atoms with van der Waals surface area (Å²) < 4.78 is 7.74. The van der Waals surface area contributed by atoms with Crippen LogP contribution in [-0.2, 0) is 28.3 Å². The van der Waals surface area contributed by atoms with Crippen LogP contribution >= 0.6 is 0 Å². The highest BCUT2D eigenvalue weighted by atomic mass is 16.5. The lowest BCUT2D eigenvalue weighted by Gasteiger charge is -2.32. The van der Waals surface area contributed by atoms with E-state index in [4.69, 9.17) is 4.74 Å². The van der Waals surface area contributed by atoms with Crippen molar-refractivity contribution < 1.29 is 9.53 Å². The minimum absolute atomic E-state index is 0.0424. The molecule has 2 aromatic rings. The molecule has 1 aromatic carbocycles. The molecule has 0 saturated heterocycles. The largest absolute Gasteiger partial charge is 0.352 e. The lowest BCUT2D eigenvalue weighted by Crippen LogP contribution is -2.47. The van der Waals surface area contributed by atoms with E-state index in [0.717, 1.165) is 22.5 Å². The average Bonchev–Trinajstić information content (AvgIpc) is 2.98. The van der Waals surface area contributed by atoms with Crippen LogP contribution in [0, 0.1) is 6.92 Å². The van der Waals surface area contributed by atoms with Crippen LogP contribution in [0.5, 0.6) is 0 Å². The van der Waals surface area contributed by atoms with E-state index in [2.05, 4.69) is 10.3 Å². The second kappa shape index (κ2) is 3.67. The first kappa shape index (κ1) is 11.6. The molecule has 1 amide bonds. The maximum atomic E-state index is 12.7. The highest BCUT2D eigenvalue weighted by molar-refractivity contribution is 6.06. The summed E-state index contributed by atoms with van der Waals surface area (Å²) in [5.41, 5.74) is 2.87. The molecule has 102 valence electrons. The smallest absolute Gasteiger partial charge is 0.265 e. The predicted octanol–water partition coefficient (Wildman–Crippen LogP) is 0.989. The van der Waals surface area contributed by atoms with E-state index < -0.39 is 5.60 Å². The van der Waals surface area contributed by atoms with E-state index in [9.17, 15) is 4.79 Å². The standard InChI is InChI=1S/C14H14N4O2/c1-9-3-4-12-11(5-9)14(13(19)17(12)2)8-18-10(7-20-14)6-15-16-18/h3-6H,7-8H2,1-2H3. The van der Waals surface area contributed by atoms with Crippen molar-refractivity contribution in [2.75, 3.05) is 11.9 Å². The monoisotopic (exact) mass is 270 g/mol. The zero-order chi connectivity index (χ0) is 13.9. The molecule has 1 unspecified atom stereocenters. The molecule has 0 radical (unpaired) electrons. The Hall–Kier alpha value is -2.21. The molecule has 2 aliphatic heterocycles. The number of benzene rings is 1. The Morgan fingerprint density at radius 1 is 1.40 bits per heavy atom. The van der Waals surface area contributed by atoms with Gasteiger partial charge in [-0.25, -0.2) is 4.68 Å². The molecule has 0 aliphatic carbocycles. The van der Waals surface area contributed by atoms with Crippen LogP contribution < -0.4 is 4.90 Å². The number of carbonyl (C=O) groups excluding carboxylic acids is 1. The minimum atomic E-state index is -0.962. The van der Waals surface area contributed by atoms with Gasteiger partial charge in [-0.1, -0.05) is 22.9 Å². The summed E-state index contributed by atoms with van der Waals surface area (Å²) in [6.07, 6.45) is 1.67. The molecular formula is C14H14N4O2. The number of aromatic nitrogens is 3. The molecule has 6 nitrogen and oxygen atoms in total. The van der Waals surface area contributed by atoms with Crippen molar-refractivity contribution in [1.29, 1.82) is 0 Å². The Balaban J connectivity index is 1.91. The normalized spacial score (nSPS) is 24.1. The van der Waals surface area contributed by atoms with Crippen molar-refractivity contribution in [2.24, 2.45) is 0 Å². The molecule has 1 spiro atoms. The quantitative estimate of drug-likeness (QED) is 0.716. The van der Waals surface area contributed by atoms with Crippen LogP contribution in [0.1, 0.15) is 16.8 Å². The van der Waals surface area contributed by atoms with E-state index in [0.29, 0.717) is 13.2 Å². The van der Waals surface area contributed by atoms with Crippen LogP contribution in [0.4, 0.5) is 5.69 Å². The number of amides is 1. The third kappa shape index (κ3) is 1.29. The topological polar surface area (TPSA) is 60.2 Å². The molecule has 6 heteroatoms. The highest BCUT2D eigenvalue weighted by Gasteiger charge is 2.53. The van der Waals surface area contributed by atoms with Gasteiger partial charge < -0.3 is 9.64 Å². The number of likely N-dealkylation sites (N-methyl/N-ethyl adjacent to an activating group) is 1. The molecular weight excluding hydrogens is 256 g/mol. The average molecular weight is 270 g/mol. The van der Waals surface area contributed by atoms with Gasteiger partial charge in [0.25, 0.3) is 5.91 Å². The van der Waals surface area contributed by atoms with E-state index in [-0.39, 0.29) is 5.91 Å². The fourth-order valence-corrected chi connectivity index (χ4v) is 3.03. The van der Waals surface area contributed by atoms with E-state index in [1.807, 2.05) is 25.1 Å². The van der Waals surface area contributed by atoms with Gasteiger partial charge in [0.2, 0.25) is 0 Å². The van der Waals surface area contributed by atoms with E-state index in [1.165, 1.54) is 0 Å². The van der Waals surface area contributed by atoms with E-state index >= 15 is 0 Å². The number of ether oxygens (including phenoxy) is 1. The van der Waals surface area contributed by atoms with Gasteiger partial charge in [0, 0.05) is 12.6 Å². The SMILES string of the molecule is Cc1ccc2c(c1)C1(Cn3nncc3CO1)C(=O)N2C. The zero-order valence-corrected chi connectivity index (χ0v) is 11.3. The molecule has 0 saturated carbocycles. The van der Waals surface area contributed by atoms with Crippen molar-refractivity contribution in [3.63, 3.8) is 0 Å². The number of aryl methyl sites for hydroxylation is 1. The maximum absolute atomic E-state index is 12.7. The van der Waals surface area contributed by atoms with Crippen LogP contribution in [0.3, 0.4) is 0 Å². The summed E-state index contributed by atoms with van der Waals surface area (Å²) in [7, 11) is 1.78. The van der Waals surface area contributed by atoms with Gasteiger partial charge in [0.05, 0.1) is 30.7 Å². The summed E-state index contributed by atoms with van der Waals surface area (Å²) >= 11 is 0. The van der Waals surface area contributed by atoms with E-state index in [1.54, 1.807) is 22.8 Å². The van der Waals surface area contributed by atoms with Crippen molar-refractivity contribution in [3.8, 4) is 0 Å². The Labute approximate surface area is 115 Å². The summed E-state index contributed by atoms with van der Waals surface area (Å²) in [5, 5.41) is 7.93. The predicted molar refractivity (Wildman–Crippen MR) is 71.1 cm³/mol. The van der Waals surface area contributed by atoms with Gasteiger partial charge in [-0.15, -0.1) is 5.10 Å². The molecule has 1 atom stereocenters. The molecule has 0 fully saturated rings. The molecule has 4 rings (SSSR count). The van der Waals surface area contributed by atoms with Gasteiger partial charge >= 0.3 is 0 Å². The van der Waals surface area contributed by atoms with Gasteiger partial charge in [-0.2, -0.15) is 0 Å². The minimum Gasteiger partial charge on any atom is -0.352 e. The number of hydrogen-bond donors (Lipinski definition) is 0. The molecule has 0 bridgehead atoms.